The Kier molecular flexibility index (Phi) is 4.36. The van der Waals surface area contributed by atoms with E-state index >= 15 is 0 Å². The number of hydrogen-bond donors (Lipinski definition) is 0. The van der Waals surface area contributed by atoms with Gasteiger partial charge in [-0.1, -0.05) is 0 Å². The number of aromatic nitrogens is 1. The molecule has 20 heavy (non-hydrogen) atoms. The first kappa shape index (κ1) is 14.0. The molecule has 0 spiro atoms. The highest BCUT2D eigenvalue weighted by atomic mass is 32.1. The maximum atomic E-state index is 12.6. The fourth-order valence-electron chi connectivity index (χ4n) is 3.09. The normalized spacial score (nSPS) is 20.6. The lowest BCUT2D eigenvalue weighted by Gasteiger charge is -2.26. The molecule has 0 unspecified atom stereocenters. The zero-order chi connectivity index (χ0) is 13.9. The predicted octanol–water partition coefficient (Wildman–Crippen LogP) is 2.67. The van der Waals surface area contributed by atoms with Crippen molar-refractivity contribution in [3.63, 3.8) is 0 Å². The number of amides is 1. The Balaban J connectivity index is 1.69. The maximum Gasteiger partial charge on any atom is 0.265 e. The van der Waals surface area contributed by atoms with E-state index in [1.54, 1.807) is 11.3 Å². The zero-order valence-corrected chi connectivity index (χ0v) is 13.0. The first-order chi connectivity index (χ1) is 9.74. The van der Waals surface area contributed by atoms with Crippen molar-refractivity contribution in [1.29, 1.82) is 0 Å². The molecule has 2 aliphatic rings. The largest absolute Gasteiger partial charge is 0.338 e. The predicted molar refractivity (Wildman–Crippen MR) is 81.1 cm³/mol. The maximum absolute atomic E-state index is 12.6. The van der Waals surface area contributed by atoms with E-state index in [9.17, 15) is 4.79 Å². The first-order valence-corrected chi connectivity index (χ1v) is 8.53. The summed E-state index contributed by atoms with van der Waals surface area (Å²) >= 11 is 1.60. The number of carbonyl (C=O) groups excluding carboxylic acids is 1. The van der Waals surface area contributed by atoms with E-state index in [0.29, 0.717) is 0 Å². The SMILES string of the molecule is Cc1nc(CN2CCCC2)sc1C(=O)N1CCCCC1. The molecule has 3 rings (SSSR count). The van der Waals surface area contributed by atoms with Crippen molar-refractivity contribution >= 4 is 17.2 Å². The summed E-state index contributed by atoms with van der Waals surface area (Å²) in [5.74, 6) is 0.201. The summed E-state index contributed by atoms with van der Waals surface area (Å²) in [5.41, 5.74) is 0.916. The van der Waals surface area contributed by atoms with Crippen LogP contribution in [0.15, 0.2) is 0 Å². The Morgan fingerprint density at radius 2 is 1.75 bits per heavy atom. The van der Waals surface area contributed by atoms with Gasteiger partial charge < -0.3 is 4.90 Å². The van der Waals surface area contributed by atoms with Crippen LogP contribution >= 0.6 is 11.3 Å². The fraction of sp³-hybridized carbons (Fsp3) is 0.733. The molecule has 0 aliphatic carbocycles. The molecule has 5 heteroatoms. The quantitative estimate of drug-likeness (QED) is 0.859. The van der Waals surface area contributed by atoms with Crippen LogP contribution in [-0.4, -0.2) is 46.9 Å². The van der Waals surface area contributed by atoms with E-state index in [1.807, 2.05) is 11.8 Å². The van der Waals surface area contributed by atoms with Crippen LogP contribution in [0.2, 0.25) is 0 Å². The van der Waals surface area contributed by atoms with Gasteiger partial charge in [-0.25, -0.2) is 4.98 Å². The standard InChI is InChI=1S/C15H23N3OS/c1-12-14(15(19)18-9-3-2-4-10-18)20-13(16-12)11-17-7-5-6-8-17/h2-11H2,1H3. The third kappa shape index (κ3) is 3.04. The second kappa shape index (κ2) is 6.22. The smallest absolute Gasteiger partial charge is 0.265 e. The zero-order valence-electron chi connectivity index (χ0n) is 12.2. The molecule has 0 N–H and O–H groups in total. The molecule has 2 fully saturated rings. The molecule has 0 saturated carbocycles. The molecule has 4 nitrogen and oxygen atoms in total. The van der Waals surface area contributed by atoms with Gasteiger partial charge in [-0.2, -0.15) is 0 Å². The summed E-state index contributed by atoms with van der Waals surface area (Å²) < 4.78 is 0. The topological polar surface area (TPSA) is 36.4 Å². The van der Waals surface area contributed by atoms with Crippen LogP contribution in [0, 0.1) is 6.92 Å². The van der Waals surface area contributed by atoms with Gasteiger partial charge >= 0.3 is 0 Å². The molecule has 0 aromatic carbocycles. The second-order valence-electron chi connectivity index (χ2n) is 5.86. The Labute approximate surface area is 124 Å². The average Bonchev–Trinajstić information content (AvgIpc) is 3.09. The Morgan fingerprint density at radius 1 is 1.10 bits per heavy atom. The molecule has 0 atom stereocenters. The fourth-order valence-corrected chi connectivity index (χ4v) is 4.17. The van der Waals surface area contributed by atoms with Crippen LogP contribution in [0.5, 0.6) is 0 Å². The Morgan fingerprint density at radius 3 is 2.45 bits per heavy atom. The lowest BCUT2D eigenvalue weighted by atomic mass is 10.1. The van der Waals surface area contributed by atoms with Crippen LogP contribution < -0.4 is 0 Å². The minimum atomic E-state index is 0.201. The minimum absolute atomic E-state index is 0.201. The van der Waals surface area contributed by atoms with Crippen molar-refractivity contribution < 1.29 is 4.79 Å². The number of thiazole rings is 1. The molecule has 110 valence electrons. The summed E-state index contributed by atoms with van der Waals surface area (Å²) in [6, 6.07) is 0. The lowest BCUT2D eigenvalue weighted by molar-refractivity contribution is 0.0728. The summed E-state index contributed by atoms with van der Waals surface area (Å²) in [5, 5.41) is 1.10. The van der Waals surface area contributed by atoms with Gasteiger partial charge in [0.1, 0.15) is 9.88 Å². The van der Waals surface area contributed by atoms with Crippen molar-refractivity contribution in [1.82, 2.24) is 14.8 Å². The van der Waals surface area contributed by atoms with E-state index in [2.05, 4.69) is 9.88 Å². The first-order valence-electron chi connectivity index (χ1n) is 7.72. The van der Waals surface area contributed by atoms with Gasteiger partial charge in [-0.05, 0) is 52.1 Å². The third-order valence-corrected chi connectivity index (χ3v) is 5.37. The lowest BCUT2D eigenvalue weighted by Crippen LogP contribution is -2.35. The number of rotatable bonds is 3. The average molecular weight is 293 g/mol. The van der Waals surface area contributed by atoms with Crippen molar-refractivity contribution in [2.24, 2.45) is 0 Å². The van der Waals surface area contributed by atoms with Gasteiger partial charge in [0.25, 0.3) is 5.91 Å². The molecule has 0 bridgehead atoms. The minimum Gasteiger partial charge on any atom is -0.338 e. The van der Waals surface area contributed by atoms with Crippen LogP contribution in [-0.2, 0) is 6.54 Å². The molecular formula is C15H23N3OS. The molecule has 1 aromatic heterocycles. The second-order valence-corrected chi connectivity index (χ2v) is 6.94. The molecule has 2 saturated heterocycles. The summed E-state index contributed by atoms with van der Waals surface area (Å²) in [6.07, 6.45) is 6.13. The highest BCUT2D eigenvalue weighted by Crippen LogP contribution is 2.24. The highest BCUT2D eigenvalue weighted by molar-refractivity contribution is 7.13. The van der Waals surface area contributed by atoms with E-state index in [4.69, 9.17) is 0 Å². The molecule has 1 aromatic rings. The molecule has 0 radical (unpaired) electrons. The Hall–Kier alpha value is -0.940. The van der Waals surface area contributed by atoms with E-state index < -0.39 is 0 Å². The van der Waals surface area contributed by atoms with Gasteiger partial charge in [0.05, 0.1) is 12.2 Å². The van der Waals surface area contributed by atoms with Crippen LogP contribution in [0.3, 0.4) is 0 Å². The van der Waals surface area contributed by atoms with Crippen molar-refractivity contribution in [2.75, 3.05) is 26.2 Å². The number of carbonyl (C=O) groups is 1. The number of aryl methyl sites for hydroxylation is 1. The number of hydrogen-bond acceptors (Lipinski definition) is 4. The third-order valence-electron chi connectivity index (χ3n) is 4.24. The highest BCUT2D eigenvalue weighted by Gasteiger charge is 2.23. The van der Waals surface area contributed by atoms with E-state index in [1.165, 1.54) is 32.4 Å². The monoisotopic (exact) mass is 293 g/mol. The van der Waals surface area contributed by atoms with Crippen molar-refractivity contribution in [2.45, 2.75) is 45.6 Å². The van der Waals surface area contributed by atoms with Gasteiger partial charge in [0, 0.05) is 13.1 Å². The summed E-state index contributed by atoms with van der Waals surface area (Å²) in [7, 11) is 0. The van der Waals surface area contributed by atoms with Gasteiger partial charge in [-0.3, -0.25) is 9.69 Å². The number of nitrogens with zero attached hydrogens (tertiary/aromatic N) is 3. The van der Waals surface area contributed by atoms with Crippen LogP contribution in [0.25, 0.3) is 0 Å². The summed E-state index contributed by atoms with van der Waals surface area (Å²) in [6.45, 7) is 7.07. The van der Waals surface area contributed by atoms with Crippen LogP contribution in [0.4, 0.5) is 0 Å². The van der Waals surface area contributed by atoms with Gasteiger partial charge in [0.2, 0.25) is 0 Å². The Bertz CT molecular complexity index is 473. The number of likely N-dealkylation sites (tertiary alicyclic amines) is 2. The number of piperidine rings is 1. The van der Waals surface area contributed by atoms with Crippen molar-refractivity contribution in [3.05, 3.63) is 15.6 Å². The summed E-state index contributed by atoms with van der Waals surface area (Å²) in [4.78, 5) is 22.5. The van der Waals surface area contributed by atoms with Gasteiger partial charge in [0.15, 0.2) is 0 Å². The molecule has 2 aliphatic heterocycles. The van der Waals surface area contributed by atoms with Crippen LogP contribution in [0.1, 0.15) is 52.5 Å². The van der Waals surface area contributed by atoms with E-state index in [0.717, 1.165) is 48.1 Å². The molecular weight excluding hydrogens is 270 g/mol. The van der Waals surface area contributed by atoms with Crippen molar-refractivity contribution in [3.8, 4) is 0 Å². The van der Waals surface area contributed by atoms with E-state index in [-0.39, 0.29) is 5.91 Å². The van der Waals surface area contributed by atoms with Gasteiger partial charge in [-0.15, -0.1) is 11.3 Å². The molecule has 3 heterocycles. The molecule has 1 amide bonds.